The molecule has 0 aromatic heterocycles. The Balaban J connectivity index is 1.89. The molecule has 1 aromatic carbocycles. The number of hydrogen-bond acceptors (Lipinski definition) is 4. The molecule has 120 valence electrons. The van der Waals surface area contributed by atoms with Gasteiger partial charge in [0.05, 0.1) is 18.5 Å². The molecular formula is C16H16N2O4S. The number of rotatable bonds is 5. The van der Waals surface area contributed by atoms with E-state index in [0.29, 0.717) is 10.7 Å². The highest BCUT2D eigenvalue weighted by Crippen LogP contribution is 2.44. The second kappa shape index (κ2) is 6.08. The largest absolute Gasteiger partial charge is 0.477 e. The van der Waals surface area contributed by atoms with E-state index in [0.717, 1.165) is 5.56 Å². The quantitative estimate of drug-likeness (QED) is 0.795. The van der Waals surface area contributed by atoms with Gasteiger partial charge in [-0.15, -0.1) is 11.8 Å². The third-order valence-corrected chi connectivity index (χ3v) is 5.16. The summed E-state index contributed by atoms with van der Waals surface area (Å²) in [6, 6.07) is 8.93. The molecule has 2 heterocycles. The molecule has 0 bridgehead atoms. The fraction of sp³-hybridized carbons (Fsp3) is 0.312. The summed E-state index contributed by atoms with van der Waals surface area (Å²) in [5, 5.41) is 12.3. The first kappa shape index (κ1) is 15.6. The molecular weight excluding hydrogens is 316 g/mol. The maximum Gasteiger partial charge on any atom is 0.353 e. The Labute approximate surface area is 137 Å². The van der Waals surface area contributed by atoms with Gasteiger partial charge in [0.15, 0.2) is 0 Å². The van der Waals surface area contributed by atoms with Gasteiger partial charge in [-0.1, -0.05) is 30.3 Å². The van der Waals surface area contributed by atoms with Crippen LogP contribution in [0.1, 0.15) is 18.9 Å². The zero-order valence-electron chi connectivity index (χ0n) is 12.5. The molecule has 2 atom stereocenters. The van der Waals surface area contributed by atoms with Gasteiger partial charge in [-0.3, -0.25) is 14.5 Å². The maximum absolute atomic E-state index is 11.8. The molecule has 7 heteroatoms. The van der Waals surface area contributed by atoms with E-state index in [4.69, 9.17) is 0 Å². The summed E-state index contributed by atoms with van der Waals surface area (Å²) in [6.07, 6.45) is 0.261. The van der Waals surface area contributed by atoms with Gasteiger partial charge in [0, 0.05) is 17.6 Å². The van der Waals surface area contributed by atoms with Gasteiger partial charge in [0.1, 0.15) is 5.70 Å². The number of carboxylic acid groups (broad SMARTS) is 1. The minimum atomic E-state index is -1.13. The standard InChI is InChI=1S/C16H16N2O4S/c1-9(19)17-13-11-7-12(20)18(11)14(16(21)22)15(13)23-8-10-5-3-2-4-6-10/h2-6,11,13H,7-8H2,1H3,(H,17,19)(H,21,22). The molecule has 0 radical (unpaired) electrons. The Kier molecular flexibility index (Phi) is 4.12. The first-order chi connectivity index (χ1) is 11.0. The third-order valence-electron chi connectivity index (χ3n) is 3.92. The number of carbonyl (C=O) groups is 3. The monoisotopic (exact) mass is 332 g/mol. The van der Waals surface area contributed by atoms with Crippen LogP contribution in [-0.4, -0.2) is 39.9 Å². The highest BCUT2D eigenvalue weighted by Gasteiger charge is 2.53. The van der Waals surface area contributed by atoms with E-state index >= 15 is 0 Å². The van der Waals surface area contributed by atoms with Crippen LogP contribution in [0.3, 0.4) is 0 Å². The lowest BCUT2D eigenvalue weighted by molar-refractivity contribution is -0.148. The van der Waals surface area contributed by atoms with Crippen LogP contribution in [0.2, 0.25) is 0 Å². The summed E-state index contributed by atoms with van der Waals surface area (Å²) >= 11 is 1.36. The number of thioether (sulfide) groups is 1. The second-order valence-electron chi connectivity index (χ2n) is 5.51. The number of β-lactam (4-membered cyclic amide) rings is 1. The van der Waals surface area contributed by atoms with Gasteiger partial charge in [0.25, 0.3) is 0 Å². The molecule has 2 amide bonds. The molecule has 2 aliphatic rings. The highest BCUT2D eigenvalue weighted by molar-refractivity contribution is 8.02. The summed E-state index contributed by atoms with van der Waals surface area (Å²) in [4.78, 5) is 36.7. The fourth-order valence-electron chi connectivity index (χ4n) is 2.92. The zero-order chi connectivity index (χ0) is 16.6. The van der Waals surface area contributed by atoms with Crippen LogP contribution in [0.4, 0.5) is 0 Å². The van der Waals surface area contributed by atoms with Crippen LogP contribution in [0, 0.1) is 0 Å². The number of carboxylic acids is 1. The Bertz CT molecular complexity index is 701. The van der Waals surface area contributed by atoms with E-state index in [2.05, 4.69) is 5.32 Å². The Morgan fingerprint density at radius 3 is 2.61 bits per heavy atom. The number of nitrogens with one attached hydrogen (secondary N) is 1. The molecule has 23 heavy (non-hydrogen) atoms. The van der Waals surface area contributed by atoms with Gasteiger partial charge < -0.3 is 10.4 Å². The molecule has 1 saturated heterocycles. The maximum atomic E-state index is 11.8. The number of aliphatic carboxylic acids is 1. The topological polar surface area (TPSA) is 86.7 Å². The van der Waals surface area contributed by atoms with Crippen molar-refractivity contribution in [3.63, 3.8) is 0 Å². The van der Waals surface area contributed by atoms with E-state index in [1.165, 1.54) is 23.6 Å². The molecule has 0 aliphatic carbocycles. The normalized spacial score (nSPS) is 22.7. The molecule has 3 rings (SSSR count). The van der Waals surface area contributed by atoms with Gasteiger partial charge in [-0.05, 0) is 5.56 Å². The van der Waals surface area contributed by atoms with Crippen molar-refractivity contribution in [2.75, 3.05) is 0 Å². The Hall–Kier alpha value is -2.28. The van der Waals surface area contributed by atoms with Crippen molar-refractivity contribution in [3.8, 4) is 0 Å². The van der Waals surface area contributed by atoms with E-state index in [1.54, 1.807) is 0 Å². The average Bonchev–Trinajstić information content (AvgIpc) is 2.74. The summed E-state index contributed by atoms with van der Waals surface area (Å²) in [7, 11) is 0. The lowest BCUT2D eigenvalue weighted by Gasteiger charge is -2.38. The number of carbonyl (C=O) groups excluding carboxylic acids is 2. The van der Waals surface area contributed by atoms with Crippen molar-refractivity contribution in [3.05, 3.63) is 46.5 Å². The number of hydrogen-bond donors (Lipinski definition) is 2. The second-order valence-corrected chi connectivity index (χ2v) is 6.52. The average molecular weight is 332 g/mol. The van der Waals surface area contributed by atoms with E-state index < -0.39 is 12.0 Å². The number of fused-ring (bicyclic) bond motifs is 1. The van der Waals surface area contributed by atoms with Crippen LogP contribution in [0.15, 0.2) is 40.9 Å². The van der Waals surface area contributed by atoms with Crippen molar-refractivity contribution < 1.29 is 19.5 Å². The number of benzene rings is 1. The third kappa shape index (κ3) is 2.84. The molecule has 2 aliphatic heterocycles. The smallest absolute Gasteiger partial charge is 0.353 e. The minimum Gasteiger partial charge on any atom is -0.477 e. The van der Waals surface area contributed by atoms with Crippen LogP contribution in [0.25, 0.3) is 0 Å². The number of nitrogens with zero attached hydrogens (tertiary/aromatic N) is 1. The molecule has 0 spiro atoms. The summed E-state index contributed by atoms with van der Waals surface area (Å²) in [5.41, 5.74) is 1.06. The predicted octanol–water partition coefficient (Wildman–Crippen LogP) is 1.34. The first-order valence-corrected chi connectivity index (χ1v) is 8.21. The van der Waals surface area contributed by atoms with Crippen molar-refractivity contribution in [2.24, 2.45) is 0 Å². The Morgan fingerprint density at radius 2 is 2.04 bits per heavy atom. The zero-order valence-corrected chi connectivity index (χ0v) is 13.3. The lowest BCUT2D eigenvalue weighted by atomic mass is 9.98. The van der Waals surface area contributed by atoms with Crippen LogP contribution in [-0.2, 0) is 20.1 Å². The van der Waals surface area contributed by atoms with E-state index in [1.807, 2.05) is 30.3 Å². The van der Waals surface area contributed by atoms with Gasteiger partial charge in [0.2, 0.25) is 11.8 Å². The summed E-state index contributed by atoms with van der Waals surface area (Å²) < 4.78 is 0. The molecule has 2 N–H and O–H groups in total. The fourth-order valence-corrected chi connectivity index (χ4v) is 4.15. The number of amides is 2. The van der Waals surface area contributed by atoms with Crippen molar-refractivity contribution in [1.29, 1.82) is 0 Å². The lowest BCUT2D eigenvalue weighted by Crippen LogP contribution is -2.57. The van der Waals surface area contributed by atoms with E-state index in [9.17, 15) is 19.5 Å². The van der Waals surface area contributed by atoms with Crippen molar-refractivity contribution in [1.82, 2.24) is 10.2 Å². The van der Waals surface area contributed by atoms with Gasteiger partial charge in [-0.2, -0.15) is 0 Å². The molecule has 1 fully saturated rings. The summed E-state index contributed by atoms with van der Waals surface area (Å²) in [5.74, 6) is -0.999. The van der Waals surface area contributed by atoms with E-state index in [-0.39, 0.29) is 30.0 Å². The van der Waals surface area contributed by atoms with Crippen LogP contribution < -0.4 is 5.32 Å². The molecule has 1 aromatic rings. The molecule has 0 saturated carbocycles. The van der Waals surface area contributed by atoms with Crippen LogP contribution >= 0.6 is 11.8 Å². The summed E-state index contributed by atoms with van der Waals surface area (Å²) in [6.45, 7) is 1.39. The SMILES string of the molecule is CC(=O)NC1C(SCc2ccccc2)=C(C(=O)O)N2C(=O)CC12. The minimum absolute atomic E-state index is 0.00549. The molecule has 2 unspecified atom stereocenters. The van der Waals surface area contributed by atoms with Gasteiger partial charge >= 0.3 is 5.97 Å². The first-order valence-electron chi connectivity index (χ1n) is 7.22. The van der Waals surface area contributed by atoms with Gasteiger partial charge in [-0.25, -0.2) is 4.79 Å². The highest BCUT2D eigenvalue weighted by atomic mass is 32.2. The van der Waals surface area contributed by atoms with Crippen molar-refractivity contribution in [2.45, 2.75) is 31.2 Å². The molecule has 6 nitrogen and oxygen atoms in total. The predicted molar refractivity (Wildman–Crippen MR) is 85.3 cm³/mol. The van der Waals surface area contributed by atoms with Crippen LogP contribution in [0.5, 0.6) is 0 Å². The van der Waals surface area contributed by atoms with Crippen molar-refractivity contribution >= 4 is 29.5 Å². The Morgan fingerprint density at radius 1 is 1.35 bits per heavy atom.